The molecule has 3 heterocycles. The van der Waals surface area contributed by atoms with E-state index < -0.39 is 24.2 Å². The summed E-state index contributed by atoms with van der Waals surface area (Å²) in [6.07, 6.45) is 1.86. The van der Waals surface area contributed by atoms with Gasteiger partial charge in [-0.3, -0.25) is 9.40 Å². The van der Waals surface area contributed by atoms with Crippen molar-refractivity contribution in [1.82, 2.24) is 14.6 Å². The number of hydrogen-bond donors (Lipinski definition) is 1. The van der Waals surface area contributed by atoms with Crippen LogP contribution in [-0.2, 0) is 9.57 Å². The Balaban J connectivity index is 1.94. The highest BCUT2D eigenvalue weighted by Crippen LogP contribution is 2.51. The molecule has 0 unspecified atom stereocenters. The number of morpholine rings is 1. The van der Waals surface area contributed by atoms with Gasteiger partial charge in [-0.1, -0.05) is 13.8 Å². The fraction of sp³-hybridized carbons (Fsp3) is 0.714. The van der Waals surface area contributed by atoms with Gasteiger partial charge in [0, 0.05) is 12.1 Å². The number of fused-ring (bicyclic) bond motifs is 2. The highest BCUT2D eigenvalue weighted by atomic mass is 19.1. The van der Waals surface area contributed by atoms with E-state index >= 15 is 0 Å². The Kier molecular flexibility index (Phi) is 3.92. The highest BCUT2D eigenvalue weighted by Gasteiger charge is 2.62. The van der Waals surface area contributed by atoms with Crippen LogP contribution in [0.5, 0.6) is 0 Å². The van der Waals surface area contributed by atoms with Crippen molar-refractivity contribution in [3.63, 3.8) is 0 Å². The number of hydroxylamine groups is 2. The third-order valence-corrected chi connectivity index (χ3v) is 4.80. The van der Waals surface area contributed by atoms with Crippen LogP contribution < -0.4 is 11.4 Å². The van der Waals surface area contributed by atoms with Crippen molar-refractivity contribution in [3.8, 4) is 0 Å². The lowest BCUT2D eigenvalue weighted by molar-refractivity contribution is -0.250. The third-order valence-electron chi connectivity index (χ3n) is 4.80. The van der Waals surface area contributed by atoms with Gasteiger partial charge in [-0.05, 0) is 12.5 Å². The van der Waals surface area contributed by atoms with E-state index in [1.54, 1.807) is 17.3 Å². The average Bonchev–Trinajstić information content (AvgIpc) is 2.93. The van der Waals surface area contributed by atoms with Gasteiger partial charge in [0.25, 0.3) is 0 Å². The van der Waals surface area contributed by atoms with E-state index in [1.165, 1.54) is 4.57 Å². The molecule has 2 aliphatic heterocycles. The number of alkyl halides is 1. The number of nitrogens with zero attached hydrogens (tertiary/aromatic N) is 3. The zero-order valence-electron chi connectivity index (χ0n) is 12.7. The van der Waals surface area contributed by atoms with Crippen molar-refractivity contribution in [2.45, 2.75) is 38.1 Å². The zero-order valence-corrected chi connectivity index (χ0v) is 12.7. The van der Waals surface area contributed by atoms with Crippen molar-refractivity contribution in [1.29, 1.82) is 0 Å². The number of halogens is 1. The number of rotatable bonds is 5. The van der Waals surface area contributed by atoms with E-state index in [2.05, 4.69) is 11.9 Å². The molecule has 2 bridgehead atoms. The summed E-state index contributed by atoms with van der Waals surface area (Å²) < 4.78 is 20.1. The van der Waals surface area contributed by atoms with E-state index in [9.17, 15) is 9.18 Å². The van der Waals surface area contributed by atoms with E-state index in [0.717, 1.165) is 6.42 Å². The van der Waals surface area contributed by atoms with Gasteiger partial charge in [0.2, 0.25) is 0 Å². The minimum Gasteiger partial charge on any atom is -0.383 e. The van der Waals surface area contributed by atoms with Gasteiger partial charge >= 0.3 is 5.69 Å². The number of nitrogens with two attached hydrogens (primary N) is 1. The molecule has 0 saturated carbocycles. The number of nitrogen functional groups attached to an aromatic ring is 1. The summed E-state index contributed by atoms with van der Waals surface area (Å²) in [5.74, 6) is 0.333. The molecule has 0 aliphatic carbocycles. The Morgan fingerprint density at radius 3 is 3.00 bits per heavy atom. The molecule has 4 atom stereocenters. The maximum absolute atomic E-state index is 12.4. The van der Waals surface area contributed by atoms with Crippen LogP contribution in [0.15, 0.2) is 17.1 Å². The van der Waals surface area contributed by atoms with Crippen molar-refractivity contribution in [3.05, 3.63) is 22.7 Å². The van der Waals surface area contributed by atoms with Crippen LogP contribution in [0.2, 0.25) is 0 Å². The molecule has 8 heteroatoms. The first-order valence-electron chi connectivity index (χ1n) is 7.50. The molecule has 22 heavy (non-hydrogen) atoms. The summed E-state index contributed by atoms with van der Waals surface area (Å²) in [5, 5.41) is 1.75. The smallest absolute Gasteiger partial charge is 0.351 e. The Morgan fingerprint density at radius 2 is 2.41 bits per heavy atom. The van der Waals surface area contributed by atoms with Crippen LogP contribution in [-0.4, -0.2) is 46.1 Å². The minimum absolute atomic E-state index is 0.00458. The molecule has 122 valence electrons. The van der Waals surface area contributed by atoms with Gasteiger partial charge in [-0.25, -0.2) is 9.18 Å². The molecule has 2 N–H and O–H groups in total. The van der Waals surface area contributed by atoms with Gasteiger partial charge in [0.15, 0.2) is 6.23 Å². The Hall–Kier alpha value is -1.51. The summed E-state index contributed by atoms with van der Waals surface area (Å²) in [6, 6.07) is 1.40. The fourth-order valence-corrected chi connectivity index (χ4v) is 3.56. The second-order valence-electron chi connectivity index (χ2n) is 5.85. The molecular formula is C14H21FN4O3. The number of hydrogen-bond acceptors (Lipinski definition) is 6. The first kappa shape index (κ1) is 15.4. The minimum atomic E-state index is -0.550. The molecular weight excluding hydrogens is 291 g/mol. The summed E-state index contributed by atoms with van der Waals surface area (Å²) in [5.41, 5.74) is 4.68. The van der Waals surface area contributed by atoms with Crippen LogP contribution in [0.1, 0.15) is 26.5 Å². The van der Waals surface area contributed by atoms with Crippen molar-refractivity contribution in [2.75, 3.05) is 25.6 Å². The van der Waals surface area contributed by atoms with Gasteiger partial charge < -0.3 is 10.5 Å². The standard InChI is InChI=1S/C14H21FN4O3/c1-3-14-8-19(21-7-5-15)11(9(14)2)12(22-14)18-6-4-10(16)17-13(18)20/h4,6,9,11-12H,3,5,7-8H2,1-2H3,(H2,16,17,20)/t9-,11+,12+,14-/m0/s1. The summed E-state index contributed by atoms with van der Waals surface area (Å²) in [4.78, 5) is 21.4. The van der Waals surface area contributed by atoms with Crippen LogP contribution in [0.25, 0.3) is 0 Å². The summed E-state index contributed by atoms with van der Waals surface area (Å²) in [7, 11) is 0. The molecule has 1 aromatic rings. The predicted octanol–water partition coefficient (Wildman–Crippen LogP) is 0.724. The van der Waals surface area contributed by atoms with Gasteiger partial charge in [0.1, 0.15) is 12.5 Å². The fourth-order valence-electron chi connectivity index (χ4n) is 3.56. The van der Waals surface area contributed by atoms with Crippen LogP contribution >= 0.6 is 0 Å². The topological polar surface area (TPSA) is 82.6 Å². The SMILES string of the molecule is CC[C@@]12CN(OCCF)[C@@H]([C@H](n3ccc(N)nc3=O)O1)[C@@H]2C. The lowest BCUT2D eigenvalue weighted by Gasteiger charge is -2.36. The lowest BCUT2D eigenvalue weighted by Crippen LogP contribution is -2.47. The molecule has 3 rings (SSSR count). The second kappa shape index (κ2) is 5.60. The van der Waals surface area contributed by atoms with Gasteiger partial charge in [-0.15, -0.1) is 0 Å². The van der Waals surface area contributed by atoms with E-state index in [4.69, 9.17) is 15.3 Å². The lowest BCUT2D eigenvalue weighted by atomic mass is 9.88. The average molecular weight is 312 g/mol. The molecule has 0 amide bonds. The van der Waals surface area contributed by atoms with Gasteiger partial charge in [0.05, 0.1) is 24.8 Å². The molecule has 2 aliphatic rings. The van der Waals surface area contributed by atoms with Crippen LogP contribution in [0.3, 0.4) is 0 Å². The Bertz CT molecular complexity index is 610. The quantitative estimate of drug-likeness (QED) is 0.863. The number of ether oxygens (including phenoxy) is 1. The zero-order chi connectivity index (χ0) is 15.9. The number of aromatic nitrogens is 2. The first-order valence-corrected chi connectivity index (χ1v) is 7.50. The monoisotopic (exact) mass is 312 g/mol. The normalized spacial score (nSPS) is 34.4. The molecule has 7 nitrogen and oxygen atoms in total. The molecule has 2 fully saturated rings. The maximum Gasteiger partial charge on any atom is 0.351 e. The van der Waals surface area contributed by atoms with E-state index in [-0.39, 0.29) is 24.4 Å². The summed E-state index contributed by atoms with van der Waals surface area (Å²) in [6.45, 7) is 4.14. The van der Waals surface area contributed by atoms with Crippen LogP contribution in [0, 0.1) is 5.92 Å². The molecule has 0 aromatic carbocycles. The van der Waals surface area contributed by atoms with E-state index in [0.29, 0.717) is 6.54 Å². The molecule has 0 radical (unpaired) electrons. The maximum atomic E-state index is 12.4. The van der Waals surface area contributed by atoms with E-state index in [1.807, 2.05) is 6.92 Å². The van der Waals surface area contributed by atoms with Crippen LogP contribution in [0.4, 0.5) is 10.2 Å². The molecule has 0 spiro atoms. The second-order valence-corrected chi connectivity index (χ2v) is 5.85. The van der Waals surface area contributed by atoms with Crippen molar-refractivity contribution >= 4 is 5.82 Å². The Morgan fingerprint density at radius 1 is 1.64 bits per heavy atom. The molecule has 1 aromatic heterocycles. The number of anilines is 1. The van der Waals surface area contributed by atoms with Gasteiger partial charge in [-0.2, -0.15) is 10.0 Å². The van der Waals surface area contributed by atoms with Crippen molar-refractivity contribution < 1.29 is 14.0 Å². The molecule has 2 saturated heterocycles. The third kappa shape index (κ3) is 2.22. The largest absolute Gasteiger partial charge is 0.383 e. The predicted molar refractivity (Wildman–Crippen MR) is 77.6 cm³/mol. The summed E-state index contributed by atoms with van der Waals surface area (Å²) >= 11 is 0. The highest BCUT2D eigenvalue weighted by molar-refractivity contribution is 5.24. The van der Waals surface area contributed by atoms with Crippen molar-refractivity contribution in [2.24, 2.45) is 5.92 Å². The first-order chi connectivity index (χ1) is 10.5. The Labute approximate surface area is 127 Å².